The van der Waals surface area contributed by atoms with Crippen LogP contribution in [-0.4, -0.2) is 11.8 Å². The Hall–Kier alpha value is -3.34. The molecule has 2 aromatic carbocycles. The van der Waals surface area contributed by atoms with Crippen LogP contribution >= 0.6 is 0 Å². The molecule has 0 atom stereocenters. The normalized spacial score (nSPS) is 11.0. The molecule has 5 nitrogen and oxygen atoms in total. The number of furan rings is 1. The van der Waals surface area contributed by atoms with Crippen molar-refractivity contribution < 1.29 is 14.0 Å². The summed E-state index contributed by atoms with van der Waals surface area (Å²) in [7, 11) is 0. The van der Waals surface area contributed by atoms with Crippen molar-refractivity contribution in [2.45, 2.75) is 13.8 Å². The number of carbonyl (C=O) groups is 2. The van der Waals surface area contributed by atoms with E-state index in [1.165, 1.54) is 13.0 Å². The van der Waals surface area contributed by atoms with Crippen LogP contribution in [0.4, 0.5) is 11.4 Å². The number of rotatable bonds is 4. The van der Waals surface area contributed by atoms with Crippen LogP contribution in [0, 0.1) is 6.92 Å². The van der Waals surface area contributed by atoms with Gasteiger partial charge in [-0.3, -0.25) is 9.59 Å². The first-order valence-electron chi connectivity index (χ1n) is 7.88. The SMILES string of the molecule is CC(=O)Nc1cccc(NC(=O)/C=C/c2cc3ccccc3o2)c1C. The molecule has 5 heteroatoms. The van der Waals surface area contributed by atoms with Crippen molar-refractivity contribution in [3.63, 3.8) is 0 Å². The summed E-state index contributed by atoms with van der Waals surface area (Å²) < 4.78 is 5.64. The average Bonchev–Trinajstić information content (AvgIpc) is 2.99. The van der Waals surface area contributed by atoms with Crippen LogP contribution in [0.25, 0.3) is 17.0 Å². The van der Waals surface area contributed by atoms with E-state index in [2.05, 4.69) is 10.6 Å². The molecule has 1 heterocycles. The van der Waals surface area contributed by atoms with E-state index < -0.39 is 0 Å². The molecule has 2 N–H and O–H groups in total. The van der Waals surface area contributed by atoms with Gasteiger partial charge in [0.1, 0.15) is 11.3 Å². The third-order valence-corrected chi connectivity index (χ3v) is 3.75. The van der Waals surface area contributed by atoms with E-state index >= 15 is 0 Å². The Kier molecular flexibility index (Phi) is 4.66. The van der Waals surface area contributed by atoms with Crippen molar-refractivity contribution in [3.05, 3.63) is 65.9 Å². The lowest BCUT2D eigenvalue weighted by Crippen LogP contribution is -2.11. The van der Waals surface area contributed by atoms with E-state index in [1.807, 2.05) is 37.3 Å². The summed E-state index contributed by atoms with van der Waals surface area (Å²) in [5, 5.41) is 6.53. The third kappa shape index (κ3) is 3.95. The molecular weight excluding hydrogens is 316 g/mol. The van der Waals surface area contributed by atoms with Crippen molar-refractivity contribution in [1.82, 2.24) is 0 Å². The van der Waals surface area contributed by atoms with Crippen LogP contribution in [0.5, 0.6) is 0 Å². The fraction of sp³-hybridized carbons (Fsp3) is 0.100. The zero-order chi connectivity index (χ0) is 17.8. The molecule has 1 aromatic heterocycles. The maximum absolute atomic E-state index is 12.2. The molecule has 3 rings (SSSR count). The van der Waals surface area contributed by atoms with Gasteiger partial charge in [0, 0.05) is 29.8 Å². The highest BCUT2D eigenvalue weighted by Crippen LogP contribution is 2.23. The quantitative estimate of drug-likeness (QED) is 0.697. The van der Waals surface area contributed by atoms with E-state index in [9.17, 15) is 9.59 Å². The summed E-state index contributed by atoms with van der Waals surface area (Å²) in [6.07, 6.45) is 3.05. The van der Waals surface area contributed by atoms with E-state index in [4.69, 9.17) is 4.42 Å². The van der Waals surface area contributed by atoms with E-state index in [-0.39, 0.29) is 11.8 Å². The van der Waals surface area contributed by atoms with Gasteiger partial charge in [-0.1, -0.05) is 24.3 Å². The summed E-state index contributed by atoms with van der Waals surface area (Å²) in [6, 6.07) is 14.9. The van der Waals surface area contributed by atoms with Gasteiger partial charge in [0.15, 0.2) is 0 Å². The molecule has 0 saturated heterocycles. The molecule has 0 aliphatic heterocycles. The second-order valence-electron chi connectivity index (χ2n) is 5.67. The highest BCUT2D eigenvalue weighted by molar-refractivity contribution is 6.03. The molecule has 0 aliphatic rings. The summed E-state index contributed by atoms with van der Waals surface area (Å²) in [4.78, 5) is 23.4. The number of amides is 2. The first-order valence-corrected chi connectivity index (χ1v) is 7.88. The third-order valence-electron chi connectivity index (χ3n) is 3.75. The highest BCUT2D eigenvalue weighted by atomic mass is 16.3. The molecule has 0 bridgehead atoms. The number of carbonyl (C=O) groups excluding carboxylic acids is 2. The topological polar surface area (TPSA) is 71.3 Å². The molecule has 3 aromatic rings. The largest absolute Gasteiger partial charge is 0.457 e. The van der Waals surface area contributed by atoms with Gasteiger partial charge < -0.3 is 15.1 Å². The molecule has 0 saturated carbocycles. The number of benzene rings is 2. The average molecular weight is 334 g/mol. The van der Waals surface area contributed by atoms with Gasteiger partial charge in [-0.05, 0) is 42.8 Å². The van der Waals surface area contributed by atoms with Gasteiger partial charge in [-0.2, -0.15) is 0 Å². The van der Waals surface area contributed by atoms with Crippen molar-refractivity contribution in [3.8, 4) is 0 Å². The Labute approximate surface area is 145 Å². The second-order valence-corrected chi connectivity index (χ2v) is 5.67. The standard InChI is InChI=1S/C20H18N2O3/c1-13-17(21-14(2)23)7-5-8-18(13)22-20(24)11-10-16-12-15-6-3-4-9-19(15)25-16/h3-12H,1-2H3,(H,21,23)(H,22,24)/b11-10+. The van der Waals surface area contributed by atoms with Crippen LogP contribution in [0.15, 0.2) is 59.0 Å². The predicted octanol–water partition coefficient (Wildman–Crippen LogP) is 4.35. The lowest BCUT2D eigenvalue weighted by Gasteiger charge is -2.11. The fourth-order valence-electron chi connectivity index (χ4n) is 2.51. The molecule has 126 valence electrons. The number of nitrogens with one attached hydrogen (secondary N) is 2. The maximum Gasteiger partial charge on any atom is 0.248 e. The fourth-order valence-corrected chi connectivity index (χ4v) is 2.51. The maximum atomic E-state index is 12.2. The van der Waals surface area contributed by atoms with Gasteiger partial charge in [0.05, 0.1) is 0 Å². The minimum absolute atomic E-state index is 0.156. The lowest BCUT2D eigenvalue weighted by atomic mass is 10.1. The van der Waals surface area contributed by atoms with Gasteiger partial charge in [-0.15, -0.1) is 0 Å². The van der Waals surface area contributed by atoms with Crippen molar-refractivity contribution >= 4 is 40.2 Å². The van der Waals surface area contributed by atoms with Gasteiger partial charge in [-0.25, -0.2) is 0 Å². The summed E-state index contributed by atoms with van der Waals surface area (Å²) in [5.41, 5.74) is 2.89. The van der Waals surface area contributed by atoms with Crippen molar-refractivity contribution in [2.75, 3.05) is 10.6 Å². The first kappa shape index (κ1) is 16.5. The van der Waals surface area contributed by atoms with Gasteiger partial charge in [0.25, 0.3) is 0 Å². The van der Waals surface area contributed by atoms with Crippen LogP contribution in [0.2, 0.25) is 0 Å². The van der Waals surface area contributed by atoms with Crippen LogP contribution < -0.4 is 10.6 Å². The number of hydrogen-bond acceptors (Lipinski definition) is 3. The number of anilines is 2. The number of para-hydroxylation sites is 1. The summed E-state index contributed by atoms with van der Waals surface area (Å²) in [6.45, 7) is 3.28. The Balaban J connectivity index is 1.73. The Bertz CT molecular complexity index is 937. The Morgan fingerprint density at radius 3 is 2.44 bits per heavy atom. The second kappa shape index (κ2) is 7.05. The number of hydrogen-bond donors (Lipinski definition) is 2. The number of fused-ring (bicyclic) bond motifs is 1. The molecule has 25 heavy (non-hydrogen) atoms. The molecule has 0 fully saturated rings. The van der Waals surface area contributed by atoms with E-state index in [0.29, 0.717) is 17.1 Å². The van der Waals surface area contributed by atoms with Crippen LogP contribution in [0.1, 0.15) is 18.2 Å². The predicted molar refractivity (Wildman–Crippen MR) is 99.4 cm³/mol. The van der Waals surface area contributed by atoms with E-state index in [1.54, 1.807) is 24.3 Å². The molecule has 0 aliphatic carbocycles. The smallest absolute Gasteiger partial charge is 0.248 e. The Morgan fingerprint density at radius 2 is 1.72 bits per heavy atom. The van der Waals surface area contributed by atoms with Gasteiger partial charge >= 0.3 is 0 Å². The van der Waals surface area contributed by atoms with Crippen LogP contribution in [0.3, 0.4) is 0 Å². The molecule has 0 radical (unpaired) electrons. The molecular formula is C20H18N2O3. The minimum Gasteiger partial charge on any atom is -0.457 e. The highest BCUT2D eigenvalue weighted by Gasteiger charge is 2.07. The Morgan fingerprint density at radius 1 is 1.00 bits per heavy atom. The first-order chi connectivity index (χ1) is 12.0. The molecule has 2 amide bonds. The molecule has 0 spiro atoms. The van der Waals surface area contributed by atoms with Crippen molar-refractivity contribution in [1.29, 1.82) is 0 Å². The molecule has 0 unspecified atom stereocenters. The van der Waals surface area contributed by atoms with Gasteiger partial charge in [0.2, 0.25) is 11.8 Å². The minimum atomic E-state index is -0.275. The van der Waals surface area contributed by atoms with Crippen molar-refractivity contribution in [2.24, 2.45) is 0 Å². The summed E-state index contributed by atoms with van der Waals surface area (Å²) in [5.74, 6) is 0.181. The zero-order valence-electron chi connectivity index (χ0n) is 14.0. The summed E-state index contributed by atoms with van der Waals surface area (Å²) >= 11 is 0. The van der Waals surface area contributed by atoms with E-state index in [0.717, 1.165) is 16.5 Å². The van der Waals surface area contributed by atoms with Crippen LogP contribution in [-0.2, 0) is 9.59 Å². The monoisotopic (exact) mass is 334 g/mol. The zero-order valence-corrected chi connectivity index (χ0v) is 14.0. The lowest BCUT2D eigenvalue weighted by molar-refractivity contribution is -0.114.